The number of non-ortho nitro benzene ring substituents is 1. The zero-order valence-corrected chi connectivity index (χ0v) is 13.7. The number of sulfone groups is 1. The fourth-order valence-electron chi connectivity index (χ4n) is 2.97. The van der Waals surface area contributed by atoms with Crippen LogP contribution < -0.4 is 5.32 Å². The van der Waals surface area contributed by atoms with Gasteiger partial charge in [0.2, 0.25) is 0 Å². The lowest BCUT2D eigenvalue weighted by atomic mass is 10.1. The number of nitrogens with one attached hydrogen (secondary N) is 1. The van der Waals surface area contributed by atoms with Gasteiger partial charge in [-0.3, -0.25) is 10.1 Å². The van der Waals surface area contributed by atoms with E-state index in [1.807, 2.05) is 24.3 Å². The third kappa shape index (κ3) is 2.98. The molecule has 0 aliphatic heterocycles. The van der Waals surface area contributed by atoms with Crippen LogP contribution in [0, 0.1) is 10.1 Å². The molecule has 2 atom stereocenters. The molecule has 1 aliphatic rings. The SMILES string of the molecule is CS(=O)(=O)c1cc([N+](=O)[O-])ccc1N[C@H]1c2ccccc2C[C@H]1O. The van der Waals surface area contributed by atoms with Crippen LogP contribution in [0.2, 0.25) is 0 Å². The van der Waals surface area contributed by atoms with Gasteiger partial charge >= 0.3 is 0 Å². The minimum atomic E-state index is -3.67. The molecule has 0 fully saturated rings. The maximum Gasteiger partial charge on any atom is 0.270 e. The molecule has 0 saturated carbocycles. The van der Waals surface area contributed by atoms with Gasteiger partial charge in [-0.25, -0.2) is 8.42 Å². The van der Waals surface area contributed by atoms with Crippen LogP contribution >= 0.6 is 0 Å². The molecule has 2 N–H and O–H groups in total. The Bertz CT molecular complexity index is 910. The van der Waals surface area contributed by atoms with Crippen LogP contribution in [0.15, 0.2) is 47.4 Å². The molecule has 0 amide bonds. The maximum atomic E-state index is 12.0. The number of hydrogen-bond donors (Lipinski definition) is 2. The summed E-state index contributed by atoms with van der Waals surface area (Å²) in [4.78, 5) is 10.1. The van der Waals surface area contributed by atoms with E-state index in [0.717, 1.165) is 23.4 Å². The van der Waals surface area contributed by atoms with Crippen molar-refractivity contribution in [1.82, 2.24) is 0 Å². The molecule has 126 valence electrons. The second-order valence-electron chi connectivity index (χ2n) is 5.80. The number of aliphatic hydroxyl groups is 1. The average molecular weight is 348 g/mol. The van der Waals surface area contributed by atoms with Gasteiger partial charge in [-0.2, -0.15) is 0 Å². The normalized spacial score (nSPS) is 19.8. The Kier molecular flexibility index (Phi) is 4.02. The van der Waals surface area contributed by atoms with E-state index in [4.69, 9.17) is 0 Å². The Labute approximate surface area is 139 Å². The smallest absolute Gasteiger partial charge is 0.270 e. The van der Waals surface area contributed by atoms with Gasteiger partial charge in [0.1, 0.15) is 0 Å². The number of aliphatic hydroxyl groups excluding tert-OH is 1. The van der Waals surface area contributed by atoms with Crippen LogP contribution in [0.4, 0.5) is 11.4 Å². The predicted octanol–water partition coefficient (Wildman–Crippen LogP) is 2.07. The first-order chi connectivity index (χ1) is 11.3. The van der Waals surface area contributed by atoms with Gasteiger partial charge < -0.3 is 10.4 Å². The number of anilines is 1. The van der Waals surface area contributed by atoms with E-state index in [2.05, 4.69) is 5.32 Å². The Balaban J connectivity index is 2.03. The molecule has 2 aromatic carbocycles. The number of hydrogen-bond acceptors (Lipinski definition) is 6. The summed E-state index contributed by atoms with van der Waals surface area (Å²) < 4.78 is 24.0. The lowest BCUT2D eigenvalue weighted by Gasteiger charge is -2.21. The Morgan fingerprint density at radius 2 is 1.96 bits per heavy atom. The van der Waals surface area contributed by atoms with E-state index in [1.165, 1.54) is 12.1 Å². The first-order valence-electron chi connectivity index (χ1n) is 7.28. The van der Waals surface area contributed by atoms with Gasteiger partial charge in [0, 0.05) is 24.8 Å². The van der Waals surface area contributed by atoms with E-state index in [9.17, 15) is 23.6 Å². The average Bonchev–Trinajstić information content (AvgIpc) is 2.82. The van der Waals surface area contributed by atoms with Gasteiger partial charge in [-0.1, -0.05) is 24.3 Å². The molecule has 0 aromatic heterocycles. The lowest BCUT2D eigenvalue weighted by Crippen LogP contribution is -2.22. The number of nitrogens with zero attached hydrogens (tertiary/aromatic N) is 1. The third-order valence-corrected chi connectivity index (χ3v) is 5.23. The Hall–Kier alpha value is -2.45. The molecule has 3 rings (SSSR count). The molecular formula is C16H16N2O5S. The van der Waals surface area contributed by atoms with Crippen LogP contribution in [0.5, 0.6) is 0 Å². The van der Waals surface area contributed by atoms with Gasteiger partial charge in [-0.05, 0) is 17.2 Å². The van der Waals surface area contributed by atoms with Crippen molar-refractivity contribution in [2.75, 3.05) is 11.6 Å². The van der Waals surface area contributed by atoms with Crippen LogP contribution in [-0.2, 0) is 16.3 Å². The summed E-state index contributed by atoms with van der Waals surface area (Å²) in [6, 6.07) is 10.7. The van der Waals surface area contributed by atoms with Crippen molar-refractivity contribution >= 4 is 21.2 Å². The highest BCUT2D eigenvalue weighted by atomic mass is 32.2. The number of fused-ring (bicyclic) bond motifs is 1. The van der Waals surface area contributed by atoms with E-state index in [1.54, 1.807) is 0 Å². The molecule has 0 spiro atoms. The molecule has 0 saturated heterocycles. The number of nitro groups is 1. The monoisotopic (exact) mass is 348 g/mol. The molecule has 0 unspecified atom stereocenters. The number of rotatable bonds is 4. The highest BCUT2D eigenvalue weighted by Gasteiger charge is 2.32. The predicted molar refractivity (Wildman–Crippen MR) is 88.7 cm³/mol. The van der Waals surface area contributed by atoms with Crippen LogP contribution in [0.3, 0.4) is 0 Å². The van der Waals surface area contributed by atoms with Crippen molar-refractivity contribution < 1.29 is 18.4 Å². The van der Waals surface area contributed by atoms with Crippen LogP contribution in [-0.4, -0.2) is 30.8 Å². The van der Waals surface area contributed by atoms with Crippen molar-refractivity contribution in [3.63, 3.8) is 0 Å². The molecule has 0 radical (unpaired) electrons. The topological polar surface area (TPSA) is 110 Å². The molecule has 24 heavy (non-hydrogen) atoms. The van der Waals surface area contributed by atoms with Crippen LogP contribution in [0.25, 0.3) is 0 Å². The quantitative estimate of drug-likeness (QED) is 0.646. The summed E-state index contributed by atoms with van der Waals surface area (Å²) in [6.07, 6.45) is 0.760. The summed E-state index contributed by atoms with van der Waals surface area (Å²) in [5.74, 6) is 0. The number of nitro benzene ring substituents is 1. The highest BCUT2D eigenvalue weighted by Crippen LogP contribution is 2.36. The molecule has 1 aliphatic carbocycles. The van der Waals surface area contributed by atoms with Crippen molar-refractivity contribution in [2.45, 2.75) is 23.5 Å². The molecular weight excluding hydrogens is 332 g/mol. The highest BCUT2D eigenvalue weighted by molar-refractivity contribution is 7.90. The summed E-state index contributed by atoms with van der Waals surface area (Å²) in [7, 11) is -3.67. The molecule has 0 heterocycles. The minimum Gasteiger partial charge on any atom is -0.390 e. The zero-order chi connectivity index (χ0) is 17.5. The van der Waals surface area contributed by atoms with E-state index < -0.39 is 26.9 Å². The van der Waals surface area contributed by atoms with Crippen molar-refractivity contribution in [3.05, 3.63) is 63.7 Å². The van der Waals surface area contributed by atoms with E-state index >= 15 is 0 Å². The first kappa shape index (κ1) is 16.4. The summed E-state index contributed by atoms with van der Waals surface area (Å²) >= 11 is 0. The zero-order valence-electron chi connectivity index (χ0n) is 12.8. The molecule has 2 aromatic rings. The van der Waals surface area contributed by atoms with Crippen molar-refractivity contribution in [3.8, 4) is 0 Å². The molecule has 8 heteroatoms. The fraction of sp³-hybridized carbons (Fsp3) is 0.250. The second kappa shape index (κ2) is 5.88. The molecule has 7 nitrogen and oxygen atoms in total. The maximum absolute atomic E-state index is 12.0. The number of benzene rings is 2. The van der Waals surface area contributed by atoms with Crippen molar-refractivity contribution in [1.29, 1.82) is 0 Å². The van der Waals surface area contributed by atoms with Crippen LogP contribution in [0.1, 0.15) is 17.2 Å². The van der Waals surface area contributed by atoms with E-state index in [-0.39, 0.29) is 16.3 Å². The standard InChI is InChI=1S/C16H16N2O5S/c1-24(22,23)15-9-11(18(20)21)6-7-13(15)17-16-12-5-3-2-4-10(12)8-14(16)19/h2-7,9,14,16-17,19H,8H2,1H3/t14-,16+/m1/s1. The Morgan fingerprint density at radius 1 is 1.25 bits per heavy atom. The summed E-state index contributed by atoms with van der Waals surface area (Å²) in [5, 5.41) is 24.2. The lowest BCUT2D eigenvalue weighted by molar-refractivity contribution is -0.385. The van der Waals surface area contributed by atoms with E-state index in [0.29, 0.717) is 6.42 Å². The Morgan fingerprint density at radius 3 is 2.62 bits per heavy atom. The van der Waals surface area contributed by atoms with Crippen molar-refractivity contribution in [2.24, 2.45) is 0 Å². The largest absolute Gasteiger partial charge is 0.390 e. The summed E-state index contributed by atoms with van der Waals surface area (Å²) in [6.45, 7) is 0. The third-order valence-electron chi connectivity index (χ3n) is 4.09. The van der Waals surface area contributed by atoms with Gasteiger partial charge in [0.05, 0.1) is 27.7 Å². The fourth-order valence-corrected chi connectivity index (χ4v) is 3.83. The molecule has 0 bridgehead atoms. The first-order valence-corrected chi connectivity index (χ1v) is 9.17. The summed E-state index contributed by atoms with van der Waals surface area (Å²) in [5.41, 5.74) is 1.82. The van der Waals surface area contributed by atoms with Gasteiger partial charge in [-0.15, -0.1) is 0 Å². The second-order valence-corrected chi connectivity index (χ2v) is 7.79. The minimum absolute atomic E-state index is 0.159. The van der Waals surface area contributed by atoms with Gasteiger partial charge in [0.15, 0.2) is 9.84 Å². The van der Waals surface area contributed by atoms with Gasteiger partial charge in [0.25, 0.3) is 5.69 Å².